The molecule has 32 heavy (non-hydrogen) atoms. The van der Waals surface area contributed by atoms with Gasteiger partial charge in [-0.3, -0.25) is 13.8 Å². The minimum atomic E-state index is -1.19. The second-order valence-electron chi connectivity index (χ2n) is 7.25. The molecule has 3 aromatic carbocycles. The number of amides is 1. The van der Waals surface area contributed by atoms with Crippen LogP contribution in [0.5, 0.6) is 0 Å². The molecule has 5 aromatic rings. The van der Waals surface area contributed by atoms with Crippen LogP contribution in [0.4, 0.5) is 5.69 Å². The second kappa shape index (κ2) is 8.24. The van der Waals surface area contributed by atoms with E-state index in [9.17, 15) is 13.8 Å². The minimum absolute atomic E-state index is 0.256. The third-order valence-electron chi connectivity index (χ3n) is 5.11. The highest BCUT2D eigenvalue weighted by molar-refractivity contribution is 7.84. The minimum Gasteiger partial charge on any atom is -0.322 e. The third kappa shape index (κ3) is 3.72. The van der Waals surface area contributed by atoms with Crippen LogP contribution in [0.3, 0.4) is 0 Å². The Hall–Kier alpha value is -4.04. The lowest BCUT2D eigenvalue weighted by Crippen LogP contribution is -2.15. The fourth-order valence-electron chi connectivity index (χ4n) is 3.59. The molecule has 0 bridgehead atoms. The standard InChI is InChI=1S/C24H18N4O3S/c29-23-19-11-4-5-12-21(19)28-22(27-23)20(14-25-28)24(30)26-17-8-6-7-16(13-17)15-32(31)18-9-2-1-3-10-18/h1-14H,15H2,(H,26,30)(H,27,29). The summed E-state index contributed by atoms with van der Waals surface area (Å²) in [5, 5.41) is 7.63. The van der Waals surface area contributed by atoms with E-state index in [1.54, 1.807) is 40.9 Å². The molecule has 2 heterocycles. The van der Waals surface area contributed by atoms with E-state index in [0.717, 1.165) is 10.5 Å². The van der Waals surface area contributed by atoms with Gasteiger partial charge in [-0.25, -0.2) is 4.52 Å². The molecule has 1 unspecified atom stereocenters. The number of carbonyl (C=O) groups is 1. The molecule has 0 saturated heterocycles. The van der Waals surface area contributed by atoms with E-state index in [1.807, 2.05) is 42.5 Å². The van der Waals surface area contributed by atoms with E-state index in [4.69, 9.17) is 0 Å². The smallest absolute Gasteiger partial charge is 0.261 e. The van der Waals surface area contributed by atoms with Gasteiger partial charge in [-0.15, -0.1) is 0 Å². The number of nitrogens with one attached hydrogen (secondary N) is 2. The summed E-state index contributed by atoms with van der Waals surface area (Å²) in [6, 6.07) is 23.6. The fourth-order valence-corrected chi connectivity index (χ4v) is 4.70. The molecule has 0 fully saturated rings. The lowest BCUT2D eigenvalue weighted by molar-refractivity contribution is 0.102. The van der Waals surface area contributed by atoms with Crippen LogP contribution in [0.15, 0.2) is 94.7 Å². The summed E-state index contributed by atoms with van der Waals surface area (Å²) < 4.78 is 14.1. The van der Waals surface area contributed by atoms with Crippen molar-refractivity contribution in [1.29, 1.82) is 0 Å². The summed E-state index contributed by atoms with van der Waals surface area (Å²) in [5.41, 5.74) is 2.33. The average molecular weight is 443 g/mol. The molecular weight excluding hydrogens is 424 g/mol. The molecule has 0 radical (unpaired) electrons. The van der Waals surface area contributed by atoms with Gasteiger partial charge in [0.1, 0.15) is 11.2 Å². The predicted molar refractivity (Wildman–Crippen MR) is 124 cm³/mol. The Morgan fingerprint density at radius 3 is 2.62 bits per heavy atom. The summed E-state index contributed by atoms with van der Waals surface area (Å²) >= 11 is 0. The van der Waals surface area contributed by atoms with Crippen LogP contribution in [0.25, 0.3) is 16.6 Å². The van der Waals surface area contributed by atoms with Gasteiger partial charge in [0, 0.05) is 10.6 Å². The zero-order valence-electron chi connectivity index (χ0n) is 16.8. The van der Waals surface area contributed by atoms with Crippen LogP contribution in [-0.4, -0.2) is 24.7 Å². The molecule has 0 saturated carbocycles. The first-order valence-electron chi connectivity index (χ1n) is 9.92. The van der Waals surface area contributed by atoms with Crippen molar-refractivity contribution in [3.8, 4) is 0 Å². The van der Waals surface area contributed by atoms with Gasteiger partial charge < -0.3 is 10.3 Å². The number of benzene rings is 3. The first-order chi connectivity index (χ1) is 15.6. The maximum Gasteiger partial charge on any atom is 0.261 e. The van der Waals surface area contributed by atoms with Crippen LogP contribution in [0, 0.1) is 0 Å². The number of hydrogen-bond donors (Lipinski definition) is 2. The molecule has 5 rings (SSSR count). The third-order valence-corrected chi connectivity index (χ3v) is 6.50. The highest BCUT2D eigenvalue weighted by Gasteiger charge is 2.16. The van der Waals surface area contributed by atoms with Crippen molar-refractivity contribution in [3.63, 3.8) is 0 Å². The largest absolute Gasteiger partial charge is 0.322 e. The van der Waals surface area contributed by atoms with Crippen molar-refractivity contribution in [1.82, 2.24) is 14.6 Å². The van der Waals surface area contributed by atoms with Gasteiger partial charge in [-0.05, 0) is 42.0 Å². The Morgan fingerprint density at radius 2 is 1.78 bits per heavy atom. The molecule has 0 spiro atoms. The molecule has 8 heteroatoms. The fraction of sp³-hybridized carbons (Fsp3) is 0.0417. The van der Waals surface area contributed by atoms with Gasteiger partial charge in [-0.2, -0.15) is 5.10 Å². The quantitative estimate of drug-likeness (QED) is 0.433. The van der Waals surface area contributed by atoms with Crippen molar-refractivity contribution in [2.75, 3.05) is 5.32 Å². The summed E-state index contributed by atoms with van der Waals surface area (Å²) in [5.74, 6) is -0.0590. The Morgan fingerprint density at radius 1 is 1.00 bits per heavy atom. The lowest BCUT2D eigenvalue weighted by atomic mass is 10.2. The summed E-state index contributed by atoms with van der Waals surface area (Å²) in [6.07, 6.45) is 1.43. The number of rotatable bonds is 5. The molecule has 0 aliphatic heterocycles. The van der Waals surface area contributed by atoms with Crippen molar-refractivity contribution < 1.29 is 9.00 Å². The molecule has 2 aromatic heterocycles. The van der Waals surface area contributed by atoms with E-state index >= 15 is 0 Å². The molecular formula is C24H18N4O3S. The van der Waals surface area contributed by atoms with E-state index in [0.29, 0.717) is 28.0 Å². The summed E-state index contributed by atoms with van der Waals surface area (Å²) in [4.78, 5) is 28.9. The van der Waals surface area contributed by atoms with E-state index in [2.05, 4.69) is 15.4 Å². The van der Waals surface area contributed by atoms with Crippen LogP contribution in [0.1, 0.15) is 15.9 Å². The maximum absolute atomic E-state index is 12.9. The Balaban J connectivity index is 1.41. The zero-order chi connectivity index (χ0) is 22.1. The van der Waals surface area contributed by atoms with Crippen LogP contribution in [0.2, 0.25) is 0 Å². The molecule has 2 N–H and O–H groups in total. The zero-order valence-corrected chi connectivity index (χ0v) is 17.6. The van der Waals surface area contributed by atoms with Gasteiger partial charge in [0.05, 0.1) is 33.7 Å². The lowest BCUT2D eigenvalue weighted by Gasteiger charge is -2.08. The number of aromatic amines is 1. The molecule has 0 aliphatic rings. The normalized spacial score (nSPS) is 12.1. The number of H-pyrrole nitrogens is 1. The number of carbonyl (C=O) groups excluding carboxylic acids is 1. The predicted octanol–water partition coefficient (Wildman–Crippen LogP) is 3.74. The van der Waals surface area contributed by atoms with Crippen molar-refractivity contribution in [3.05, 3.63) is 107 Å². The first kappa shape index (κ1) is 19.9. The number of anilines is 1. The molecule has 158 valence electrons. The second-order valence-corrected chi connectivity index (χ2v) is 8.70. The SMILES string of the molecule is O=C(Nc1cccc(CS(=O)c2ccccc2)c1)c1cnn2c1[nH]c(=O)c1ccccc12. The van der Waals surface area contributed by atoms with Gasteiger partial charge >= 0.3 is 0 Å². The first-order valence-corrected chi connectivity index (χ1v) is 11.2. The molecule has 7 nitrogen and oxygen atoms in total. The Kier molecular flexibility index (Phi) is 5.12. The maximum atomic E-state index is 12.9. The van der Waals surface area contributed by atoms with Crippen molar-refractivity contribution in [2.45, 2.75) is 10.6 Å². The highest BCUT2D eigenvalue weighted by Crippen LogP contribution is 2.19. The number of fused-ring (bicyclic) bond motifs is 3. The van der Waals surface area contributed by atoms with Gasteiger partial charge in [-0.1, -0.05) is 42.5 Å². The highest BCUT2D eigenvalue weighted by atomic mass is 32.2. The number of nitrogens with zero attached hydrogens (tertiary/aromatic N) is 2. The van der Waals surface area contributed by atoms with Crippen LogP contribution in [-0.2, 0) is 16.6 Å². The van der Waals surface area contributed by atoms with Gasteiger partial charge in [0.25, 0.3) is 11.5 Å². The number of aromatic nitrogens is 3. The van der Waals surface area contributed by atoms with Crippen molar-refractivity contribution in [2.24, 2.45) is 0 Å². The monoisotopic (exact) mass is 442 g/mol. The van der Waals surface area contributed by atoms with Crippen molar-refractivity contribution >= 4 is 38.9 Å². The topological polar surface area (TPSA) is 96.3 Å². The molecule has 1 atom stereocenters. The van der Waals surface area contributed by atoms with E-state index in [-0.39, 0.29) is 11.1 Å². The van der Waals surface area contributed by atoms with Gasteiger partial charge in [0.15, 0.2) is 0 Å². The summed E-state index contributed by atoms with van der Waals surface area (Å²) in [6.45, 7) is 0. The van der Waals surface area contributed by atoms with Crippen LogP contribution < -0.4 is 10.9 Å². The molecule has 0 aliphatic carbocycles. The van der Waals surface area contributed by atoms with E-state index < -0.39 is 16.7 Å². The Labute approximate surface area is 185 Å². The number of para-hydroxylation sites is 1. The Bertz CT molecular complexity index is 1540. The average Bonchev–Trinajstić information content (AvgIpc) is 3.24. The van der Waals surface area contributed by atoms with E-state index in [1.165, 1.54) is 6.20 Å². The summed E-state index contributed by atoms with van der Waals surface area (Å²) in [7, 11) is -1.19. The van der Waals surface area contributed by atoms with Gasteiger partial charge in [0.2, 0.25) is 0 Å². The number of hydrogen-bond acceptors (Lipinski definition) is 4. The van der Waals surface area contributed by atoms with Crippen LogP contribution >= 0.6 is 0 Å². The molecule has 1 amide bonds.